The summed E-state index contributed by atoms with van der Waals surface area (Å²) in [6.45, 7) is 1.99. The quantitative estimate of drug-likeness (QED) is 0.0393. The molecule has 0 bridgehead atoms. The van der Waals surface area contributed by atoms with Crippen molar-refractivity contribution in [3.63, 3.8) is 0 Å². The summed E-state index contributed by atoms with van der Waals surface area (Å²) in [6, 6.07) is 36.4. The van der Waals surface area contributed by atoms with E-state index in [1.807, 2.05) is 55.5 Å². The van der Waals surface area contributed by atoms with Crippen LogP contribution in [0.5, 0.6) is 0 Å². The van der Waals surface area contributed by atoms with Crippen molar-refractivity contribution in [3.8, 4) is 21.1 Å². The Morgan fingerprint density at radius 3 is 1.55 bits per heavy atom. The zero-order valence-corrected chi connectivity index (χ0v) is 28.3. The van der Waals surface area contributed by atoms with Crippen LogP contribution in [0, 0.1) is 0 Å². The Morgan fingerprint density at radius 1 is 0.723 bits per heavy atom. The van der Waals surface area contributed by atoms with E-state index in [4.69, 9.17) is 10.8 Å². The minimum Gasteiger partial charge on any atom is -0.475 e. The number of nitrogens with two attached hydrogens (primary N) is 3. The first kappa shape index (κ1) is 37.2. The number of hydrogen-bond donors (Lipinski definition) is 4. The highest BCUT2D eigenvalue weighted by atomic mass is 32.2. The van der Waals surface area contributed by atoms with Crippen LogP contribution < -0.4 is 17.4 Å². The highest BCUT2D eigenvalue weighted by Crippen LogP contribution is 2.30. The van der Waals surface area contributed by atoms with Crippen LogP contribution in [0.25, 0.3) is 41.6 Å². The number of aromatic nitrogens is 2. The summed E-state index contributed by atoms with van der Waals surface area (Å²) in [4.78, 5) is 41.3. The summed E-state index contributed by atoms with van der Waals surface area (Å²) < 4.78 is 2.49. The fourth-order valence-corrected chi connectivity index (χ4v) is 6.68. The average molecular weight is 688 g/mol. The van der Waals surface area contributed by atoms with Gasteiger partial charge >= 0.3 is 5.97 Å². The van der Waals surface area contributed by atoms with Crippen LogP contribution in [0.4, 0.5) is 0 Å². The Bertz CT molecular complexity index is 1670. The number of carbonyl (C=O) groups is 3. The third-order valence-corrected chi connectivity index (χ3v) is 9.50. The van der Waals surface area contributed by atoms with Gasteiger partial charge in [0.25, 0.3) is 0 Å². The number of Topliss-reactive ketones (excluding diaryl/α,β-unsaturated/α-hetero) is 2. The lowest BCUT2D eigenvalue weighted by Crippen LogP contribution is -2.33. The molecule has 0 aliphatic carbocycles. The third kappa shape index (κ3) is 11.8. The van der Waals surface area contributed by atoms with Gasteiger partial charge in [0.15, 0.2) is 5.78 Å². The number of para-hydroxylation sites is 2. The van der Waals surface area contributed by atoms with E-state index in [0.29, 0.717) is 6.42 Å². The van der Waals surface area contributed by atoms with Gasteiger partial charge in [-0.3, -0.25) is 21.3 Å². The molecule has 0 unspecified atom stereocenters. The van der Waals surface area contributed by atoms with Crippen LogP contribution in [0.3, 0.4) is 0 Å². The number of carbonyl (C=O) groups excluding carboxylic acids is 2. The Kier molecular flexibility index (Phi) is 15.9. The van der Waals surface area contributed by atoms with Crippen molar-refractivity contribution in [1.82, 2.24) is 9.97 Å². The van der Waals surface area contributed by atoms with Gasteiger partial charge < -0.3 is 10.8 Å². The van der Waals surface area contributed by atoms with Crippen molar-refractivity contribution in [2.45, 2.75) is 25.8 Å². The predicted molar refractivity (Wildman–Crippen MR) is 196 cm³/mol. The SMILES string of the molecule is CCSCC[C@H](N)C(=O)CC(=O)C(=O)O.NN.c1ccc(-c2nc3ccccc3s2)cc1.c1ccc(-c2nc3ccccc3s2)cc1. The van der Waals surface area contributed by atoms with E-state index >= 15 is 0 Å². The van der Waals surface area contributed by atoms with Gasteiger partial charge in [-0.15, -0.1) is 22.7 Å². The van der Waals surface area contributed by atoms with Crippen LogP contribution in [0.2, 0.25) is 0 Å². The molecule has 0 aliphatic heterocycles. The van der Waals surface area contributed by atoms with Crippen LogP contribution in [0.1, 0.15) is 19.8 Å². The van der Waals surface area contributed by atoms with E-state index in [9.17, 15) is 14.4 Å². The molecule has 9 nitrogen and oxygen atoms in total. The summed E-state index contributed by atoms with van der Waals surface area (Å²) in [7, 11) is 0. The second-order valence-corrected chi connectivity index (χ2v) is 13.1. The number of fused-ring (bicyclic) bond motifs is 2. The van der Waals surface area contributed by atoms with Crippen molar-refractivity contribution in [1.29, 1.82) is 0 Å². The molecule has 244 valence electrons. The first-order chi connectivity index (χ1) is 22.9. The first-order valence-corrected chi connectivity index (χ1v) is 17.4. The van der Waals surface area contributed by atoms with Gasteiger partial charge in [0.2, 0.25) is 5.78 Å². The topological polar surface area (TPSA) is 175 Å². The van der Waals surface area contributed by atoms with Gasteiger partial charge in [0.1, 0.15) is 10.0 Å². The van der Waals surface area contributed by atoms with Crippen molar-refractivity contribution < 1.29 is 19.5 Å². The number of benzene rings is 4. The fourth-order valence-electron chi connectivity index (χ4n) is 4.03. The lowest BCUT2D eigenvalue weighted by atomic mass is 10.1. The zero-order valence-electron chi connectivity index (χ0n) is 25.8. The summed E-state index contributed by atoms with van der Waals surface area (Å²) in [5.74, 6) is 6.50. The molecule has 47 heavy (non-hydrogen) atoms. The molecular weight excluding hydrogens is 651 g/mol. The van der Waals surface area contributed by atoms with Crippen molar-refractivity contribution in [2.75, 3.05) is 11.5 Å². The van der Waals surface area contributed by atoms with Gasteiger partial charge in [-0.05, 0) is 42.2 Å². The molecule has 0 aliphatic rings. The van der Waals surface area contributed by atoms with Crippen molar-refractivity contribution in [2.24, 2.45) is 17.4 Å². The molecule has 2 aromatic heterocycles. The monoisotopic (exact) mass is 687 g/mol. The number of ketones is 2. The number of rotatable bonds is 10. The van der Waals surface area contributed by atoms with E-state index in [-0.39, 0.29) is 0 Å². The van der Waals surface area contributed by atoms with Crippen molar-refractivity contribution in [3.05, 3.63) is 109 Å². The largest absolute Gasteiger partial charge is 0.475 e. The maximum absolute atomic E-state index is 11.2. The Labute approximate surface area is 285 Å². The molecule has 0 radical (unpaired) electrons. The number of thioether (sulfide) groups is 1. The molecule has 4 aromatic carbocycles. The van der Waals surface area contributed by atoms with Gasteiger partial charge in [-0.25, -0.2) is 14.8 Å². The molecule has 1 atom stereocenters. The Morgan fingerprint density at radius 2 is 1.15 bits per heavy atom. The normalized spacial score (nSPS) is 10.8. The molecule has 2 heterocycles. The second-order valence-electron chi connectivity index (χ2n) is 9.67. The van der Waals surface area contributed by atoms with Crippen molar-refractivity contribution >= 4 is 72.4 Å². The fraction of sp³-hybridized carbons (Fsp3) is 0.171. The van der Waals surface area contributed by atoms with Crippen LogP contribution in [0.15, 0.2) is 109 Å². The summed E-state index contributed by atoms with van der Waals surface area (Å²) in [5.41, 5.74) is 10.1. The molecule has 0 fully saturated rings. The summed E-state index contributed by atoms with van der Waals surface area (Å²) in [6.07, 6.45) is -0.127. The van der Waals surface area contributed by atoms with Gasteiger partial charge in [-0.1, -0.05) is 91.9 Å². The zero-order chi connectivity index (χ0) is 34.0. The predicted octanol–water partition coefficient (Wildman–Crippen LogP) is 6.82. The smallest absolute Gasteiger partial charge is 0.372 e. The third-order valence-electron chi connectivity index (χ3n) is 6.39. The summed E-state index contributed by atoms with van der Waals surface area (Å²) >= 11 is 5.12. The van der Waals surface area contributed by atoms with Gasteiger partial charge in [0.05, 0.1) is 32.9 Å². The molecule has 0 amide bonds. The van der Waals surface area contributed by atoms with Gasteiger partial charge in [-0.2, -0.15) is 11.8 Å². The molecule has 12 heteroatoms. The lowest BCUT2D eigenvalue weighted by molar-refractivity contribution is -0.150. The molecule has 0 saturated carbocycles. The standard InChI is InChI=1S/2C13H9NS.C9H15NO4S.H4N2/c2*1-2-6-10(7-3-1)13-14-11-8-4-5-9-12(11)15-13;1-2-15-4-3-6(10)7(11)5-8(12)9(13)14;1-2/h2*1-9H;6H,2-5,10H2,1H3,(H,13,14);1-2H2/t;;6-;/m..0./s1. The molecule has 0 spiro atoms. The Balaban J connectivity index is 0.000000186. The minimum atomic E-state index is -1.58. The molecule has 6 aromatic rings. The number of aliphatic carboxylic acids is 1. The molecule has 0 saturated heterocycles. The Hall–Kier alpha value is -4.30. The number of carboxylic acid groups (broad SMARTS) is 1. The lowest BCUT2D eigenvalue weighted by Gasteiger charge is -2.08. The van der Waals surface area contributed by atoms with E-state index in [0.717, 1.165) is 32.6 Å². The highest BCUT2D eigenvalue weighted by Gasteiger charge is 2.21. The number of carboxylic acids is 1. The van der Waals surface area contributed by atoms with Crippen LogP contribution >= 0.6 is 34.4 Å². The van der Waals surface area contributed by atoms with E-state index < -0.39 is 30.0 Å². The first-order valence-electron chi connectivity index (χ1n) is 14.6. The maximum Gasteiger partial charge on any atom is 0.372 e. The summed E-state index contributed by atoms with van der Waals surface area (Å²) in [5, 5.41) is 10.5. The van der Waals surface area contributed by atoms with E-state index in [1.165, 1.54) is 20.5 Å². The minimum absolute atomic E-state index is 0.476. The number of nitrogens with zero attached hydrogens (tertiary/aromatic N) is 2. The molecule has 7 N–H and O–H groups in total. The number of hydrazine groups is 1. The van der Waals surface area contributed by atoms with Gasteiger partial charge in [0, 0.05) is 11.1 Å². The number of hydrogen-bond acceptors (Lipinski definition) is 11. The average Bonchev–Trinajstić information content (AvgIpc) is 3.76. The number of thiazole rings is 2. The highest BCUT2D eigenvalue weighted by molar-refractivity contribution is 7.99. The van der Waals surface area contributed by atoms with Crippen LogP contribution in [-0.4, -0.2) is 50.2 Å². The van der Waals surface area contributed by atoms with E-state index in [1.54, 1.807) is 34.4 Å². The molecule has 6 rings (SSSR count). The maximum atomic E-state index is 11.2. The second kappa shape index (κ2) is 20.0. The molecular formula is C35H37N5O4S3. The van der Waals surface area contributed by atoms with E-state index in [2.05, 4.69) is 82.3 Å². The van der Waals surface area contributed by atoms with Crippen LogP contribution in [-0.2, 0) is 14.4 Å².